The van der Waals surface area contributed by atoms with Crippen molar-refractivity contribution in [2.45, 2.75) is 31.7 Å². The van der Waals surface area contributed by atoms with Crippen LogP contribution < -0.4 is 20.1 Å². The summed E-state index contributed by atoms with van der Waals surface area (Å²) in [5.74, 6) is -0.415. The van der Waals surface area contributed by atoms with Crippen LogP contribution in [0.2, 0.25) is 0 Å². The van der Waals surface area contributed by atoms with Gasteiger partial charge < -0.3 is 24.7 Å². The monoisotopic (exact) mass is 428 g/mol. The van der Waals surface area contributed by atoms with E-state index in [1.54, 1.807) is 18.2 Å². The van der Waals surface area contributed by atoms with Gasteiger partial charge in [-0.25, -0.2) is 0 Å². The molecule has 1 aliphatic heterocycles. The number of amides is 2. The Hall–Kier alpha value is -3.00. The molecule has 168 valence electrons. The predicted octanol–water partition coefficient (Wildman–Crippen LogP) is 2.71. The number of anilines is 1. The molecule has 1 fully saturated rings. The Bertz CT molecular complexity index is 887. The molecule has 1 atom stereocenters. The van der Waals surface area contributed by atoms with Crippen LogP contribution in [0.5, 0.6) is 11.5 Å². The van der Waals surface area contributed by atoms with E-state index in [0.717, 1.165) is 31.6 Å². The smallest absolute Gasteiger partial charge is 0.313 e. The number of hydrogen-bond acceptors (Lipinski definition) is 5. The van der Waals surface area contributed by atoms with Crippen LogP contribution in [0.15, 0.2) is 36.5 Å². The summed E-state index contributed by atoms with van der Waals surface area (Å²) in [6.45, 7) is 2.33. The van der Waals surface area contributed by atoms with Crippen LogP contribution in [0, 0.1) is 0 Å². The molecule has 1 aromatic carbocycles. The van der Waals surface area contributed by atoms with Gasteiger partial charge in [0.15, 0.2) is 0 Å². The first-order chi connectivity index (χ1) is 15.0. The first kappa shape index (κ1) is 22.7. The van der Waals surface area contributed by atoms with E-state index in [2.05, 4.69) is 26.2 Å². The molecule has 2 N–H and O–H groups in total. The Kier molecular flexibility index (Phi) is 7.94. The van der Waals surface area contributed by atoms with Gasteiger partial charge in [0, 0.05) is 31.5 Å². The maximum Gasteiger partial charge on any atom is 0.313 e. The molecule has 0 aliphatic carbocycles. The molecule has 0 bridgehead atoms. The average molecular weight is 429 g/mol. The van der Waals surface area contributed by atoms with Gasteiger partial charge in [0.1, 0.15) is 11.5 Å². The molecule has 1 aromatic heterocycles. The third kappa shape index (κ3) is 5.79. The van der Waals surface area contributed by atoms with Crippen molar-refractivity contribution in [3.8, 4) is 11.5 Å². The molecule has 2 amide bonds. The van der Waals surface area contributed by atoms with Crippen LogP contribution in [0.25, 0.3) is 0 Å². The van der Waals surface area contributed by atoms with Crippen molar-refractivity contribution in [1.29, 1.82) is 0 Å². The number of aromatic nitrogens is 1. The summed E-state index contributed by atoms with van der Waals surface area (Å²) in [5.41, 5.74) is 1.51. The first-order valence-corrected chi connectivity index (χ1v) is 10.7. The Morgan fingerprint density at radius 3 is 2.39 bits per heavy atom. The molecule has 2 heterocycles. The van der Waals surface area contributed by atoms with Gasteiger partial charge in [-0.15, -0.1) is 0 Å². The van der Waals surface area contributed by atoms with E-state index < -0.39 is 11.8 Å². The summed E-state index contributed by atoms with van der Waals surface area (Å²) in [6, 6.07) is 9.11. The predicted molar refractivity (Wildman–Crippen MR) is 119 cm³/mol. The van der Waals surface area contributed by atoms with Crippen LogP contribution in [0.4, 0.5) is 5.69 Å². The van der Waals surface area contributed by atoms with Gasteiger partial charge in [0.05, 0.1) is 25.9 Å². The zero-order valence-corrected chi connectivity index (χ0v) is 18.5. The Morgan fingerprint density at radius 1 is 1.03 bits per heavy atom. The number of methoxy groups -OCH3 is 2. The zero-order valence-electron chi connectivity index (χ0n) is 18.5. The highest BCUT2D eigenvalue weighted by molar-refractivity contribution is 6.39. The number of aryl methyl sites for hydroxylation is 1. The molecule has 1 unspecified atom stereocenters. The van der Waals surface area contributed by atoms with Crippen LogP contribution in [-0.2, 0) is 16.6 Å². The van der Waals surface area contributed by atoms with Crippen molar-refractivity contribution >= 4 is 17.5 Å². The highest BCUT2D eigenvalue weighted by Gasteiger charge is 2.25. The summed E-state index contributed by atoms with van der Waals surface area (Å²) in [7, 11) is 5.04. The van der Waals surface area contributed by atoms with E-state index in [0.29, 0.717) is 23.7 Å². The molecule has 0 saturated carbocycles. The van der Waals surface area contributed by atoms with Crippen molar-refractivity contribution in [2.75, 3.05) is 39.2 Å². The van der Waals surface area contributed by atoms with E-state index >= 15 is 0 Å². The Balaban J connectivity index is 1.68. The molecular formula is C23H32N4O4. The quantitative estimate of drug-likeness (QED) is 0.663. The standard InChI is InChI=1S/C23H32N4O4/c1-26-12-8-9-19(26)20(27-13-6-4-5-7-14-27)16-24-22(28)23(29)25-18-15-17(30-2)10-11-21(18)31-3/h8-12,15,20H,4-7,13-14,16H2,1-3H3,(H,24,28)(H,25,29). The first-order valence-electron chi connectivity index (χ1n) is 10.7. The molecule has 8 nitrogen and oxygen atoms in total. The highest BCUT2D eigenvalue weighted by atomic mass is 16.5. The number of hydrogen-bond donors (Lipinski definition) is 2. The normalized spacial score (nSPS) is 15.6. The second-order valence-electron chi connectivity index (χ2n) is 7.74. The lowest BCUT2D eigenvalue weighted by atomic mass is 10.1. The highest BCUT2D eigenvalue weighted by Crippen LogP contribution is 2.29. The number of ether oxygens (including phenoxy) is 2. The molecule has 31 heavy (non-hydrogen) atoms. The van der Waals surface area contributed by atoms with Crippen LogP contribution in [0.1, 0.15) is 37.4 Å². The lowest BCUT2D eigenvalue weighted by Gasteiger charge is -2.31. The lowest BCUT2D eigenvalue weighted by Crippen LogP contribution is -2.43. The molecule has 1 saturated heterocycles. The van der Waals surface area contributed by atoms with Gasteiger partial charge in [-0.3, -0.25) is 14.5 Å². The van der Waals surface area contributed by atoms with Crippen LogP contribution in [-0.4, -0.2) is 55.1 Å². The van der Waals surface area contributed by atoms with Crippen molar-refractivity contribution in [2.24, 2.45) is 7.05 Å². The van der Waals surface area contributed by atoms with Crippen molar-refractivity contribution in [3.05, 3.63) is 42.2 Å². The zero-order chi connectivity index (χ0) is 22.2. The number of nitrogens with one attached hydrogen (secondary N) is 2. The summed E-state index contributed by atoms with van der Waals surface area (Å²) >= 11 is 0. The number of carbonyl (C=O) groups excluding carboxylic acids is 2. The molecule has 1 aliphatic rings. The minimum Gasteiger partial charge on any atom is -0.497 e. The third-order valence-electron chi connectivity index (χ3n) is 5.72. The molecular weight excluding hydrogens is 396 g/mol. The summed E-state index contributed by atoms with van der Waals surface area (Å²) in [4.78, 5) is 27.5. The van der Waals surface area contributed by atoms with E-state index in [1.165, 1.54) is 27.1 Å². The second kappa shape index (κ2) is 10.9. The van der Waals surface area contributed by atoms with Gasteiger partial charge in [0.2, 0.25) is 0 Å². The van der Waals surface area contributed by atoms with E-state index in [1.807, 2.05) is 19.3 Å². The largest absolute Gasteiger partial charge is 0.497 e. The molecule has 0 radical (unpaired) electrons. The fourth-order valence-corrected chi connectivity index (χ4v) is 4.01. The summed E-state index contributed by atoms with van der Waals surface area (Å²) in [5, 5.41) is 5.44. The molecule has 3 rings (SSSR count). The molecule has 8 heteroatoms. The van der Waals surface area contributed by atoms with Gasteiger partial charge in [-0.05, 0) is 50.2 Å². The molecule has 0 spiro atoms. The van der Waals surface area contributed by atoms with E-state index in [-0.39, 0.29) is 6.04 Å². The van der Waals surface area contributed by atoms with Crippen molar-refractivity contribution in [1.82, 2.24) is 14.8 Å². The van der Waals surface area contributed by atoms with Crippen molar-refractivity contribution < 1.29 is 19.1 Å². The number of carbonyl (C=O) groups is 2. The van der Waals surface area contributed by atoms with E-state index in [9.17, 15) is 9.59 Å². The van der Waals surface area contributed by atoms with Crippen LogP contribution in [0.3, 0.4) is 0 Å². The van der Waals surface area contributed by atoms with Gasteiger partial charge in [-0.1, -0.05) is 12.8 Å². The number of nitrogens with zero attached hydrogens (tertiary/aromatic N) is 2. The summed E-state index contributed by atoms with van der Waals surface area (Å²) < 4.78 is 12.5. The maximum absolute atomic E-state index is 12.6. The Morgan fingerprint density at radius 2 is 1.77 bits per heavy atom. The summed E-state index contributed by atoms with van der Waals surface area (Å²) in [6.07, 6.45) is 6.75. The van der Waals surface area contributed by atoms with Crippen LogP contribution >= 0.6 is 0 Å². The third-order valence-corrected chi connectivity index (χ3v) is 5.72. The fraction of sp³-hybridized carbons (Fsp3) is 0.478. The van der Waals surface area contributed by atoms with Gasteiger partial charge in [0.25, 0.3) is 0 Å². The number of benzene rings is 1. The lowest BCUT2D eigenvalue weighted by molar-refractivity contribution is -0.136. The van der Waals surface area contributed by atoms with E-state index in [4.69, 9.17) is 9.47 Å². The topological polar surface area (TPSA) is 84.8 Å². The van der Waals surface area contributed by atoms with Gasteiger partial charge >= 0.3 is 11.8 Å². The minimum atomic E-state index is -0.743. The van der Waals surface area contributed by atoms with Crippen molar-refractivity contribution in [3.63, 3.8) is 0 Å². The second-order valence-corrected chi connectivity index (χ2v) is 7.74. The number of rotatable bonds is 7. The Labute approximate surface area is 183 Å². The molecule has 2 aromatic rings. The maximum atomic E-state index is 12.6. The average Bonchev–Trinajstić information content (AvgIpc) is 3.02. The minimum absolute atomic E-state index is 0.0150. The van der Waals surface area contributed by atoms with Gasteiger partial charge in [-0.2, -0.15) is 0 Å². The fourth-order valence-electron chi connectivity index (χ4n) is 4.01. The SMILES string of the molecule is COc1ccc(OC)c(NC(=O)C(=O)NCC(c2cccn2C)N2CCCCCC2)c1. The number of likely N-dealkylation sites (tertiary alicyclic amines) is 1.